The van der Waals surface area contributed by atoms with Crippen molar-refractivity contribution >= 4 is 21.8 Å². The van der Waals surface area contributed by atoms with Crippen LogP contribution in [0, 0.1) is 12.7 Å². The van der Waals surface area contributed by atoms with Crippen molar-refractivity contribution in [3.8, 4) is 11.4 Å². The van der Waals surface area contributed by atoms with Gasteiger partial charge < -0.3 is 9.13 Å². The number of halogens is 1. The van der Waals surface area contributed by atoms with Crippen LogP contribution in [0.3, 0.4) is 0 Å². The first-order valence-electron chi connectivity index (χ1n) is 10.1. The highest BCUT2D eigenvalue weighted by atomic mass is 19.1. The first-order chi connectivity index (χ1) is 14.2. The van der Waals surface area contributed by atoms with E-state index in [0.717, 1.165) is 25.1 Å². The van der Waals surface area contributed by atoms with Crippen LogP contribution in [0.1, 0.15) is 16.7 Å². The van der Waals surface area contributed by atoms with Crippen LogP contribution in [0.25, 0.3) is 33.2 Å². The van der Waals surface area contributed by atoms with Gasteiger partial charge in [0.2, 0.25) is 0 Å². The molecule has 0 fully saturated rings. The molecule has 0 unspecified atom stereocenters. The molecule has 3 heteroatoms. The molecule has 6 rings (SSSR count). The molecule has 1 aliphatic heterocycles. The number of fused-ring (bicyclic) bond motifs is 7. The molecule has 0 radical (unpaired) electrons. The molecule has 0 amide bonds. The third kappa shape index (κ3) is 2.34. The molecular weight excluding hydrogens is 359 g/mol. The molecule has 1 aliphatic rings. The lowest BCUT2D eigenvalue weighted by atomic mass is 10.0. The summed E-state index contributed by atoms with van der Waals surface area (Å²) in [5.74, 6) is -0.191. The summed E-state index contributed by atoms with van der Waals surface area (Å²) in [5, 5.41) is 2.66. The zero-order chi connectivity index (χ0) is 19.5. The van der Waals surface area contributed by atoms with E-state index in [1.54, 1.807) is 12.1 Å². The van der Waals surface area contributed by atoms with Crippen LogP contribution < -0.4 is 0 Å². The Kier molecular flexibility index (Phi) is 3.48. The number of hydrogen-bond donors (Lipinski definition) is 0. The third-order valence-corrected chi connectivity index (χ3v) is 6.36. The molecule has 0 saturated heterocycles. The van der Waals surface area contributed by atoms with Gasteiger partial charge in [-0.3, -0.25) is 0 Å². The summed E-state index contributed by atoms with van der Waals surface area (Å²) in [6.45, 7) is 3.97. The molecule has 2 nitrogen and oxygen atoms in total. The van der Waals surface area contributed by atoms with Gasteiger partial charge in [0.15, 0.2) is 0 Å². The summed E-state index contributed by atoms with van der Waals surface area (Å²) in [6.07, 6.45) is 1.03. The Morgan fingerprint density at radius 2 is 1.48 bits per heavy atom. The SMILES string of the molecule is Cc1c2n(c3ccccc13)CCc1c-2n(Cc2ccc(F)cc2)c2ccccc12. The fourth-order valence-corrected chi connectivity index (χ4v) is 5.07. The Morgan fingerprint density at radius 3 is 2.28 bits per heavy atom. The van der Waals surface area contributed by atoms with E-state index in [-0.39, 0.29) is 5.82 Å². The zero-order valence-corrected chi connectivity index (χ0v) is 16.3. The summed E-state index contributed by atoms with van der Waals surface area (Å²) in [7, 11) is 0. The van der Waals surface area contributed by atoms with Gasteiger partial charge in [-0.2, -0.15) is 0 Å². The molecule has 2 aromatic heterocycles. The van der Waals surface area contributed by atoms with Crippen molar-refractivity contribution in [2.24, 2.45) is 0 Å². The van der Waals surface area contributed by atoms with Crippen LogP contribution in [0.2, 0.25) is 0 Å². The fraction of sp³-hybridized carbons (Fsp3) is 0.154. The molecule has 0 bridgehead atoms. The Morgan fingerprint density at radius 1 is 0.793 bits per heavy atom. The van der Waals surface area contributed by atoms with Crippen LogP contribution in [0.15, 0.2) is 72.8 Å². The Bertz CT molecular complexity index is 1390. The highest BCUT2D eigenvalue weighted by Gasteiger charge is 2.28. The van der Waals surface area contributed by atoms with E-state index in [1.165, 1.54) is 44.3 Å². The minimum absolute atomic E-state index is 0.191. The topological polar surface area (TPSA) is 9.86 Å². The number of aryl methyl sites for hydroxylation is 3. The lowest BCUT2D eigenvalue weighted by Crippen LogP contribution is -2.13. The molecule has 0 atom stereocenters. The average Bonchev–Trinajstić information content (AvgIpc) is 3.23. The van der Waals surface area contributed by atoms with Gasteiger partial charge in [0.25, 0.3) is 0 Å². The predicted octanol–water partition coefficient (Wildman–Crippen LogP) is 6.31. The number of benzene rings is 3. The minimum atomic E-state index is -0.191. The van der Waals surface area contributed by atoms with E-state index in [4.69, 9.17) is 0 Å². The van der Waals surface area contributed by atoms with Crippen LogP contribution in [0.4, 0.5) is 4.39 Å². The Labute approximate surface area is 168 Å². The standard InChI is InChI=1S/C26H21FN2/c1-17-20-6-2-4-8-23(20)28-15-14-22-21-7-3-5-9-24(21)29(26(22)25(17)28)16-18-10-12-19(27)13-11-18/h2-13H,14-16H2,1H3. The number of hydrogen-bond acceptors (Lipinski definition) is 0. The van der Waals surface area contributed by atoms with Gasteiger partial charge in [0, 0.05) is 34.9 Å². The van der Waals surface area contributed by atoms with Gasteiger partial charge in [-0.25, -0.2) is 4.39 Å². The maximum Gasteiger partial charge on any atom is 0.123 e. The largest absolute Gasteiger partial charge is 0.339 e. The van der Waals surface area contributed by atoms with E-state index in [1.807, 2.05) is 12.1 Å². The van der Waals surface area contributed by atoms with Crippen LogP contribution in [-0.4, -0.2) is 9.13 Å². The molecule has 0 N–H and O–H groups in total. The zero-order valence-electron chi connectivity index (χ0n) is 16.3. The van der Waals surface area contributed by atoms with Crippen molar-refractivity contribution in [3.63, 3.8) is 0 Å². The quantitative estimate of drug-likeness (QED) is 0.339. The smallest absolute Gasteiger partial charge is 0.123 e. The molecular formula is C26H21FN2. The van der Waals surface area contributed by atoms with Crippen molar-refractivity contribution in [2.75, 3.05) is 0 Å². The average molecular weight is 380 g/mol. The van der Waals surface area contributed by atoms with Crippen molar-refractivity contribution in [1.29, 1.82) is 0 Å². The third-order valence-electron chi connectivity index (χ3n) is 6.36. The maximum absolute atomic E-state index is 13.4. The number of rotatable bonds is 2. The molecule has 142 valence electrons. The lowest BCUT2D eigenvalue weighted by Gasteiger charge is -2.21. The second kappa shape index (κ2) is 6.08. The summed E-state index contributed by atoms with van der Waals surface area (Å²) in [5.41, 5.74) is 9.08. The molecule has 0 saturated carbocycles. The van der Waals surface area contributed by atoms with E-state index in [0.29, 0.717) is 0 Å². The monoisotopic (exact) mass is 380 g/mol. The number of para-hydroxylation sites is 2. The summed E-state index contributed by atoms with van der Waals surface area (Å²) >= 11 is 0. The maximum atomic E-state index is 13.4. The lowest BCUT2D eigenvalue weighted by molar-refractivity contribution is 0.626. The highest BCUT2D eigenvalue weighted by Crippen LogP contribution is 2.43. The van der Waals surface area contributed by atoms with Gasteiger partial charge in [-0.05, 0) is 54.3 Å². The van der Waals surface area contributed by atoms with Crippen molar-refractivity contribution in [3.05, 3.63) is 95.3 Å². The summed E-state index contributed by atoms with van der Waals surface area (Å²) in [6, 6.07) is 24.3. The van der Waals surface area contributed by atoms with E-state index in [2.05, 4.69) is 64.6 Å². The van der Waals surface area contributed by atoms with E-state index in [9.17, 15) is 4.39 Å². The molecule has 0 aliphatic carbocycles. The van der Waals surface area contributed by atoms with Crippen LogP contribution >= 0.6 is 0 Å². The van der Waals surface area contributed by atoms with Gasteiger partial charge >= 0.3 is 0 Å². The number of nitrogens with zero attached hydrogens (tertiary/aromatic N) is 2. The molecule has 3 heterocycles. The van der Waals surface area contributed by atoms with Crippen LogP contribution in [0.5, 0.6) is 0 Å². The van der Waals surface area contributed by atoms with E-state index < -0.39 is 0 Å². The van der Waals surface area contributed by atoms with Crippen molar-refractivity contribution in [2.45, 2.75) is 26.4 Å². The van der Waals surface area contributed by atoms with Crippen molar-refractivity contribution < 1.29 is 4.39 Å². The first-order valence-corrected chi connectivity index (χ1v) is 10.1. The van der Waals surface area contributed by atoms with Gasteiger partial charge in [0.05, 0.1) is 11.4 Å². The van der Waals surface area contributed by atoms with Crippen molar-refractivity contribution in [1.82, 2.24) is 9.13 Å². The molecule has 0 spiro atoms. The summed E-state index contributed by atoms with van der Waals surface area (Å²) in [4.78, 5) is 0. The molecule has 5 aromatic rings. The molecule has 29 heavy (non-hydrogen) atoms. The highest BCUT2D eigenvalue weighted by molar-refractivity contribution is 5.98. The molecule has 3 aromatic carbocycles. The van der Waals surface area contributed by atoms with Crippen LogP contribution in [-0.2, 0) is 19.5 Å². The summed E-state index contributed by atoms with van der Waals surface area (Å²) < 4.78 is 18.4. The first kappa shape index (κ1) is 16.6. The Balaban J connectivity index is 1.67. The van der Waals surface area contributed by atoms with E-state index >= 15 is 0 Å². The fourth-order valence-electron chi connectivity index (χ4n) is 5.07. The second-order valence-electron chi connectivity index (χ2n) is 7.95. The van der Waals surface area contributed by atoms with Gasteiger partial charge in [-0.15, -0.1) is 0 Å². The Hall–Kier alpha value is -3.33. The predicted molar refractivity (Wildman–Crippen MR) is 117 cm³/mol. The van der Waals surface area contributed by atoms with Gasteiger partial charge in [-0.1, -0.05) is 48.5 Å². The second-order valence-corrected chi connectivity index (χ2v) is 7.95. The van der Waals surface area contributed by atoms with Gasteiger partial charge in [0.1, 0.15) is 5.82 Å². The minimum Gasteiger partial charge on any atom is -0.339 e. The normalized spacial score (nSPS) is 13.0. The number of aromatic nitrogens is 2.